The lowest BCUT2D eigenvalue weighted by Gasteiger charge is -2.43. The van der Waals surface area contributed by atoms with Crippen LogP contribution in [0.5, 0.6) is 0 Å². The van der Waals surface area contributed by atoms with Crippen molar-refractivity contribution in [1.29, 1.82) is 0 Å². The van der Waals surface area contributed by atoms with Gasteiger partial charge in [-0.15, -0.1) is 0 Å². The third kappa shape index (κ3) is 3.30. The summed E-state index contributed by atoms with van der Waals surface area (Å²) in [5.74, 6) is -1.57. The first-order chi connectivity index (χ1) is 15.0. The molecule has 1 saturated heterocycles. The molecule has 0 aromatic heterocycles. The normalized spacial score (nSPS) is 27.1. The van der Waals surface area contributed by atoms with E-state index in [4.69, 9.17) is 18.9 Å². The number of hydrogen-bond acceptors (Lipinski definition) is 7. The Balaban J connectivity index is 1.49. The lowest BCUT2D eigenvalue weighted by atomic mass is 10.0. The van der Waals surface area contributed by atoms with E-state index in [1.807, 2.05) is 30.3 Å². The predicted octanol–water partition coefficient (Wildman–Crippen LogP) is 2.57. The zero-order valence-electron chi connectivity index (χ0n) is 16.6. The minimum atomic E-state index is -1.02. The Morgan fingerprint density at radius 2 is 1.65 bits per heavy atom. The van der Waals surface area contributed by atoms with Gasteiger partial charge in [0.05, 0.1) is 17.7 Å². The van der Waals surface area contributed by atoms with E-state index < -0.39 is 42.4 Å². The van der Waals surface area contributed by atoms with Crippen LogP contribution < -0.4 is 0 Å². The lowest BCUT2D eigenvalue weighted by molar-refractivity contribution is -0.281. The molecule has 0 radical (unpaired) electrons. The quantitative estimate of drug-likeness (QED) is 0.556. The first-order valence-electron chi connectivity index (χ1n) is 9.87. The highest BCUT2D eigenvalue weighted by atomic mass is 16.7. The van der Waals surface area contributed by atoms with E-state index in [2.05, 4.69) is 0 Å². The molecule has 4 atom stereocenters. The fourth-order valence-corrected chi connectivity index (χ4v) is 4.02. The van der Waals surface area contributed by atoms with Crippen LogP contribution in [0.1, 0.15) is 39.5 Å². The number of ether oxygens (including phenoxy) is 4. The number of carbonyl (C=O) groups excluding carboxylic acids is 3. The van der Waals surface area contributed by atoms with Crippen molar-refractivity contribution in [3.05, 3.63) is 83.2 Å². The second-order valence-corrected chi connectivity index (χ2v) is 7.42. The number of imide groups is 1. The van der Waals surface area contributed by atoms with Crippen LogP contribution in [-0.2, 0) is 23.7 Å². The maximum Gasteiger partial charge on any atom is 0.303 e. The molecule has 0 aliphatic carbocycles. The molecule has 1 fully saturated rings. The van der Waals surface area contributed by atoms with E-state index in [0.717, 1.165) is 10.5 Å². The number of hydrogen-bond donors (Lipinski definition) is 0. The van der Waals surface area contributed by atoms with Crippen molar-refractivity contribution in [2.75, 3.05) is 6.61 Å². The SMILES string of the molecule is CC(=O)O[C@@H]1C(N2C(=O)c3ccccc3C2=O)=CO[C@@H]2CO[C@@H](c3ccccc3)O[C@@H]12. The van der Waals surface area contributed by atoms with Crippen molar-refractivity contribution in [3.8, 4) is 0 Å². The zero-order chi connectivity index (χ0) is 21.5. The largest absolute Gasteiger partial charge is 0.491 e. The van der Waals surface area contributed by atoms with Gasteiger partial charge in [0.2, 0.25) is 0 Å². The highest BCUT2D eigenvalue weighted by molar-refractivity contribution is 6.22. The number of nitrogens with zero attached hydrogens (tertiary/aromatic N) is 1. The average molecular weight is 421 g/mol. The maximum absolute atomic E-state index is 13.0. The Labute approximate surface area is 177 Å². The molecule has 31 heavy (non-hydrogen) atoms. The molecular formula is C23H19NO7. The molecule has 3 aliphatic rings. The topological polar surface area (TPSA) is 91.4 Å². The van der Waals surface area contributed by atoms with E-state index in [1.54, 1.807) is 24.3 Å². The Kier molecular flexibility index (Phi) is 4.80. The van der Waals surface area contributed by atoms with Gasteiger partial charge in [-0.3, -0.25) is 14.4 Å². The molecule has 0 N–H and O–H groups in total. The monoisotopic (exact) mass is 421 g/mol. The van der Waals surface area contributed by atoms with Crippen LogP contribution in [0, 0.1) is 0 Å². The van der Waals surface area contributed by atoms with Crippen molar-refractivity contribution in [2.45, 2.75) is 31.5 Å². The van der Waals surface area contributed by atoms with Crippen molar-refractivity contribution < 1.29 is 33.3 Å². The van der Waals surface area contributed by atoms with Crippen LogP contribution in [0.15, 0.2) is 66.6 Å². The van der Waals surface area contributed by atoms with Gasteiger partial charge < -0.3 is 18.9 Å². The van der Waals surface area contributed by atoms with Crippen LogP contribution in [0.2, 0.25) is 0 Å². The smallest absolute Gasteiger partial charge is 0.303 e. The van der Waals surface area contributed by atoms with Crippen LogP contribution in [0.25, 0.3) is 0 Å². The number of fused-ring (bicyclic) bond motifs is 2. The molecule has 0 spiro atoms. The molecule has 8 nitrogen and oxygen atoms in total. The van der Waals surface area contributed by atoms with Crippen molar-refractivity contribution >= 4 is 17.8 Å². The Bertz CT molecular complexity index is 1050. The van der Waals surface area contributed by atoms with Crippen molar-refractivity contribution in [3.63, 3.8) is 0 Å². The summed E-state index contributed by atoms with van der Waals surface area (Å²) in [5.41, 5.74) is 1.48. The molecule has 3 heterocycles. The highest BCUT2D eigenvalue weighted by Crippen LogP contribution is 2.38. The summed E-state index contributed by atoms with van der Waals surface area (Å²) in [5, 5.41) is 0. The van der Waals surface area contributed by atoms with E-state index in [0.29, 0.717) is 0 Å². The van der Waals surface area contributed by atoms with E-state index in [1.165, 1.54) is 13.2 Å². The molecule has 2 amide bonds. The van der Waals surface area contributed by atoms with Gasteiger partial charge >= 0.3 is 5.97 Å². The molecule has 3 aliphatic heterocycles. The third-order valence-corrected chi connectivity index (χ3v) is 5.43. The number of carbonyl (C=O) groups is 3. The molecule has 5 rings (SSSR count). The first kappa shape index (κ1) is 19.5. The maximum atomic E-state index is 13.0. The van der Waals surface area contributed by atoms with Gasteiger partial charge in [0.25, 0.3) is 11.8 Å². The molecule has 0 unspecified atom stereocenters. The van der Waals surface area contributed by atoms with E-state index in [-0.39, 0.29) is 23.4 Å². The zero-order valence-corrected chi connectivity index (χ0v) is 16.6. The highest BCUT2D eigenvalue weighted by Gasteiger charge is 2.50. The van der Waals surface area contributed by atoms with Gasteiger partial charge in [-0.25, -0.2) is 4.90 Å². The minimum absolute atomic E-state index is 0.122. The Morgan fingerprint density at radius 1 is 1.00 bits per heavy atom. The van der Waals surface area contributed by atoms with Gasteiger partial charge in [0, 0.05) is 12.5 Å². The summed E-state index contributed by atoms with van der Waals surface area (Å²) in [4.78, 5) is 38.9. The van der Waals surface area contributed by atoms with Crippen LogP contribution in [0.3, 0.4) is 0 Å². The first-order valence-corrected chi connectivity index (χ1v) is 9.87. The molecule has 158 valence electrons. The average Bonchev–Trinajstić information content (AvgIpc) is 3.04. The number of rotatable bonds is 3. The van der Waals surface area contributed by atoms with Crippen LogP contribution in [0.4, 0.5) is 0 Å². The summed E-state index contributed by atoms with van der Waals surface area (Å²) in [7, 11) is 0. The summed E-state index contributed by atoms with van der Waals surface area (Å²) in [6.07, 6.45) is -1.78. The molecule has 2 aromatic rings. The van der Waals surface area contributed by atoms with E-state index >= 15 is 0 Å². The molecule has 8 heteroatoms. The molecule has 0 bridgehead atoms. The second kappa shape index (κ2) is 7.64. The second-order valence-electron chi connectivity index (χ2n) is 7.42. The third-order valence-electron chi connectivity index (χ3n) is 5.43. The number of benzene rings is 2. The van der Waals surface area contributed by atoms with Gasteiger partial charge in [-0.2, -0.15) is 0 Å². The Hall–Kier alpha value is -3.49. The van der Waals surface area contributed by atoms with Crippen molar-refractivity contribution in [1.82, 2.24) is 4.90 Å². The molecule has 2 aromatic carbocycles. The van der Waals surface area contributed by atoms with Crippen LogP contribution >= 0.6 is 0 Å². The van der Waals surface area contributed by atoms with Crippen LogP contribution in [-0.4, -0.2) is 47.6 Å². The fourth-order valence-electron chi connectivity index (χ4n) is 4.02. The summed E-state index contributed by atoms with van der Waals surface area (Å²) in [6.45, 7) is 1.45. The standard InChI is InChI=1S/C23H19NO7/c1-13(25)30-19-17(24-21(26)15-9-5-6-10-16(15)22(24)27)11-28-18-12-29-23(31-20(18)19)14-7-3-2-4-8-14/h2-11,18-20,23H,12H2,1H3/t18-,19-,20-,23-/m1/s1. The Morgan fingerprint density at radius 3 is 2.29 bits per heavy atom. The summed E-state index contributed by atoms with van der Waals surface area (Å²) in [6, 6.07) is 15.9. The molecule has 0 saturated carbocycles. The summed E-state index contributed by atoms with van der Waals surface area (Å²) < 4.78 is 23.2. The van der Waals surface area contributed by atoms with Gasteiger partial charge in [0.15, 0.2) is 18.5 Å². The van der Waals surface area contributed by atoms with Gasteiger partial charge in [0.1, 0.15) is 18.1 Å². The predicted molar refractivity (Wildman–Crippen MR) is 105 cm³/mol. The van der Waals surface area contributed by atoms with E-state index in [9.17, 15) is 14.4 Å². The fraction of sp³-hybridized carbons (Fsp3) is 0.261. The number of esters is 1. The number of amides is 2. The van der Waals surface area contributed by atoms with Crippen molar-refractivity contribution in [2.24, 2.45) is 0 Å². The minimum Gasteiger partial charge on any atom is -0.491 e. The molecular weight excluding hydrogens is 402 g/mol. The summed E-state index contributed by atoms with van der Waals surface area (Å²) >= 11 is 0. The van der Waals surface area contributed by atoms with Gasteiger partial charge in [-0.1, -0.05) is 42.5 Å². The van der Waals surface area contributed by atoms with Gasteiger partial charge in [-0.05, 0) is 12.1 Å². The lowest BCUT2D eigenvalue weighted by Crippen LogP contribution is -2.55.